The number of nitrogens with zero attached hydrogens (tertiary/aromatic N) is 4. The Kier molecular flexibility index (Phi) is 7.04. The summed E-state index contributed by atoms with van der Waals surface area (Å²) in [5.41, 5.74) is -1.89. The van der Waals surface area contributed by atoms with Gasteiger partial charge in [0, 0.05) is 38.7 Å². The quantitative estimate of drug-likeness (QED) is 0.467. The maximum atomic E-state index is 14.3. The van der Waals surface area contributed by atoms with Crippen molar-refractivity contribution in [3.05, 3.63) is 67.2 Å². The summed E-state index contributed by atoms with van der Waals surface area (Å²) < 4.78 is 50.1. The zero-order valence-corrected chi connectivity index (χ0v) is 20.1. The second kappa shape index (κ2) is 9.86. The van der Waals surface area contributed by atoms with E-state index >= 15 is 0 Å². The number of urea groups is 1. The number of aromatic nitrogens is 2. The summed E-state index contributed by atoms with van der Waals surface area (Å²) in [6.45, 7) is 0.381. The Bertz CT molecular complexity index is 1350. The van der Waals surface area contributed by atoms with Crippen LogP contribution < -0.4 is 11.2 Å². The Balaban J connectivity index is 1.89. The van der Waals surface area contributed by atoms with Gasteiger partial charge in [-0.15, -0.1) is 11.3 Å². The van der Waals surface area contributed by atoms with Crippen molar-refractivity contribution in [2.24, 2.45) is 0 Å². The van der Waals surface area contributed by atoms with Crippen LogP contribution in [0.2, 0.25) is 0 Å². The summed E-state index contributed by atoms with van der Waals surface area (Å²) in [7, 11) is 3.00. The number of benzene rings is 1. The number of amides is 2. The molecule has 35 heavy (non-hydrogen) atoms. The topological polar surface area (TPSA) is 76.8 Å². The fourth-order valence-electron chi connectivity index (χ4n) is 4.21. The highest BCUT2D eigenvalue weighted by Gasteiger charge is 2.41. The molecule has 0 saturated carbocycles. The lowest BCUT2D eigenvalue weighted by Gasteiger charge is -2.17. The third-order valence-corrected chi connectivity index (χ3v) is 7.23. The van der Waals surface area contributed by atoms with Crippen LogP contribution in [0.15, 0.2) is 39.9 Å². The van der Waals surface area contributed by atoms with E-state index in [1.807, 2.05) is 30.3 Å². The summed E-state index contributed by atoms with van der Waals surface area (Å²) in [6.07, 6.45) is -4.54. The molecule has 3 heterocycles. The van der Waals surface area contributed by atoms with Gasteiger partial charge in [-0.05, 0) is 12.0 Å². The normalized spacial score (nSPS) is 14.5. The molecule has 0 N–H and O–H groups in total. The van der Waals surface area contributed by atoms with Crippen LogP contribution in [0.25, 0.3) is 10.2 Å². The molecule has 0 spiro atoms. The number of hydrogen-bond acceptors (Lipinski definition) is 5. The average Bonchev–Trinajstić information content (AvgIpc) is 3.35. The van der Waals surface area contributed by atoms with Crippen LogP contribution in [-0.2, 0) is 37.0 Å². The van der Waals surface area contributed by atoms with Gasteiger partial charge >= 0.3 is 17.9 Å². The van der Waals surface area contributed by atoms with Crippen molar-refractivity contribution in [2.75, 3.05) is 33.9 Å². The van der Waals surface area contributed by atoms with E-state index in [2.05, 4.69) is 0 Å². The fourth-order valence-corrected chi connectivity index (χ4v) is 5.55. The Morgan fingerprint density at radius 2 is 1.74 bits per heavy atom. The minimum absolute atomic E-state index is 0.0138. The first-order valence-electron chi connectivity index (χ1n) is 11.0. The van der Waals surface area contributed by atoms with Crippen molar-refractivity contribution >= 4 is 27.6 Å². The van der Waals surface area contributed by atoms with Crippen molar-refractivity contribution in [1.29, 1.82) is 0 Å². The molecule has 188 valence electrons. The largest absolute Gasteiger partial charge is 0.418 e. The number of methoxy groups -OCH3 is 1. The summed E-state index contributed by atoms with van der Waals surface area (Å²) in [4.78, 5) is 41.5. The molecule has 4 rings (SSSR count). The van der Waals surface area contributed by atoms with Crippen LogP contribution in [0, 0.1) is 0 Å². The highest BCUT2D eigenvalue weighted by molar-refractivity contribution is 7.18. The first-order valence-corrected chi connectivity index (χ1v) is 11.8. The lowest BCUT2D eigenvalue weighted by Crippen LogP contribution is -2.41. The number of aryl methyl sites for hydroxylation is 1. The van der Waals surface area contributed by atoms with Crippen LogP contribution in [0.5, 0.6) is 0 Å². The van der Waals surface area contributed by atoms with Gasteiger partial charge in [0.05, 0.1) is 30.6 Å². The van der Waals surface area contributed by atoms with Gasteiger partial charge in [-0.2, -0.15) is 13.2 Å². The van der Waals surface area contributed by atoms with Gasteiger partial charge < -0.3 is 14.5 Å². The summed E-state index contributed by atoms with van der Waals surface area (Å²) in [5.74, 6) is 0. The van der Waals surface area contributed by atoms with Gasteiger partial charge in [-0.1, -0.05) is 30.3 Å². The smallest absolute Gasteiger partial charge is 0.383 e. The minimum Gasteiger partial charge on any atom is -0.383 e. The molecule has 1 saturated heterocycles. The van der Waals surface area contributed by atoms with E-state index in [9.17, 15) is 27.6 Å². The molecule has 0 radical (unpaired) electrons. The highest BCUT2D eigenvalue weighted by atomic mass is 32.1. The number of carbonyl (C=O) groups is 1. The van der Waals surface area contributed by atoms with Crippen molar-refractivity contribution < 1.29 is 22.7 Å². The molecular formula is C23H25F3N4O4S. The Hall–Kier alpha value is -3.12. The van der Waals surface area contributed by atoms with Crippen molar-refractivity contribution in [3.63, 3.8) is 0 Å². The van der Waals surface area contributed by atoms with E-state index in [0.717, 1.165) is 21.5 Å². The van der Waals surface area contributed by atoms with E-state index in [1.54, 1.807) is 7.05 Å². The molecule has 12 heteroatoms. The van der Waals surface area contributed by atoms with E-state index < -0.39 is 28.4 Å². The maximum Gasteiger partial charge on any atom is 0.418 e. The summed E-state index contributed by atoms with van der Waals surface area (Å²) in [5, 5.41) is -0.540. The number of halogens is 3. The molecule has 0 bridgehead atoms. The molecule has 1 aliphatic rings. The number of likely N-dealkylation sites (N-methyl/N-ethyl adjacent to an activating group) is 1. The van der Waals surface area contributed by atoms with E-state index in [4.69, 9.17) is 4.74 Å². The second-order valence-corrected chi connectivity index (χ2v) is 9.41. The molecule has 3 aromatic rings. The van der Waals surface area contributed by atoms with Gasteiger partial charge in [0.2, 0.25) is 0 Å². The van der Waals surface area contributed by atoms with Gasteiger partial charge in [0.1, 0.15) is 4.83 Å². The Morgan fingerprint density at radius 3 is 2.34 bits per heavy atom. The van der Waals surface area contributed by atoms with Gasteiger partial charge in [-0.25, -0.2) is 9.59 Å². The van der Waals surface area contributed by atoms with E-state index in [-0.39, 0.29) is 48.5 Å². The fraction of sp³-hybridized carbons (Fsp3) is 0.435. The molecule has 0 unspecified atom stereocenters. The number of fused-ring (bicyclic) bond motifs is 1. The number of carbonyl (C=O) groups excluding carboxylic acids is 1. The molecular weight excluding hydrogens is 485 g/mol. The van der Waals surface area contributed by atoms with Gasteiger partial charge in [-0.3, -0.25) is 13.9 Å². The van der Waals surface area contributed by atoms with E-state index in [0.29, 0.717) is 13.0 Å². The number of rotatable bonds is 8. The molecule has 2 amide bonds. The van der Waals surface area contributed by atoms with Crippen molar-refractivity contribution in [1.82, 2.24) is 18.9 Å². The summed E-state index contributed by atoms with van der Waals surface area (Å²) >= 11 is 0.731. The van der Waals surface area contributed by atoms with Crippen molar-refractivity contribution in [3.8, 4) is 0 Å². The predicted molar refractivity (Wildman–Crippen MR) is 126 cm³/mol. The molecule has 2 aromatic heterocycles. The highest BCUT2D eigenvalue weighted by Crippen LogP contribution is 2.41. The Labute approximate surface area is 202 Å². The number of hydrogen-bond donors (Lipinski definition) is 0. The molecule has 1 aliphatic heterocycles. The lowest BCUT2D eigenvalue weighted by molar-refractivity contribution is -0.136. The second-order valence-electron chi connectivity index (χ2n) is 8.32. The lowest BCUT2D eigenvalue weighted by atomic mass is 10.1. The van der Waals surface area contributed by atoms with Crippen LogP contribution in [-0.4, -0.2) is 58.8 Å². The molecule has 1 aromatic carbocycles. The average molecular weight is 511 g/mol. The van der Waals surface area contributed by atoms with Gasteiger partial charge in [0.25, 0.3) is 5.56 Å². The number of thiophene rings is 1. The van der Waals surface area contributed by atoms with Gasteiger partial charge in [0.15, 0.2) is 0 Å². The first-order chi connectivity index (χ1) is 16.6. The maximum absolute atomic E-state index is 14.3. The van der Waals surface area contributed by atoms with Crippen LogP contribution in [0.1, 0.15) is 16.0 Å². The summed E-state index contributed by atoms with van der Waals surface area (Å²) in [6, 6.07) is 8.70. The number of alkyl halides is 3. The first kappa shape index (κ1) is 25.0. The van der Waals surface area contributed by atoms with E-state index in [1.165, 1.54) is 21.5 Å². The minimum atomic E-state index is -4.85. The van der Waals surface area contributed by atoms with Crippen LogP contribution in [0.4, 0.5) is 18.0 Å². The molecule has 1 fully saturated rings. The molecule has 0 aliphatic carbocycles. The SMILES string of the molecule is COCCn1c(=O)n(CCc2ccccc2)c(=O)c2c(C(F)(F)F)c(CN3CCN(C)C3=O)sc21. The third kappa shape index (κ3) is 4.85. The van der Waals surface area contributed by atoms with Crippen molar-refractivity contribution in [2.45, 2.75) is 32.2 Å². The van der Waals surface area contributed by atoms with Crippen LogP contribution in [0.3, 0.4) is 0 Å². The number of ether oxygens (including phenoxy) is 1. The zero-order valence-electron chi connectivity index (χ0n) is 19.3. The standard InChI is InChI=1S/C23H25F3N4O4S/c1-27-10-11-28(21(27)32)14-16-18(23(24,25)26)17-19(31)29(9-8-15-6-4-3-5-7-15)22(33)30(12-13-34-2)20(17)35-16/h3-7H,8-14H2,1-2H3. The predicted octanol–water partition coefficient (Wildman–Crippen LogP) is 3.00. The monoisotopic (exact) mass is 510 g/mol. The van der Waals surface area contributed by atoms with Crippen LogP contribution >= 0.6 is 11.3 Å². The third-order valence-electron chi connectivity index (χ3n) is 6.03. The Morgan fingerprint density at radius 1 is 1.03 bits per heavy atom. The molecule has 0 atom stereocenters. The molecule has 8 nitrogen and oxygen atoms in total. The zero-order chi connectivity index (χ0) is 25.3.